The zero-order valence-electron chi connectivity index (χ0n) is 17.0. The van der Waals surface area contributed by atoms with E-state index < -0.39 is 0 Å². The highest BCUT2D eigenvalue weighted by Gasteiger charge is 2.23. The molecule has 5 nitrogen and oxygen atoms in total. The van der Waals surface area contributed by atoms with Crippen LogP contribution in [0.4, 0.5) is 0 Å². The second-order valence-corrected chi connectivity index (χ2v) is 8.19. The SMILES string of the molecule is CN(C)[C@H](CNC(=O)c1oc2ccccc2c1COc1ccccc1)c1cccs1. The normalized spacial score (nSPS) is 12.2. The fourth-order valence-electron chi connectivity index (χ4n) is 3.39. The van der Waals surface area contributed by atoms with Gasteiger partial charge in [-0.1, -0.05) is 42.5 Å². The number of likely N-dealkylation sites (N-methyl/N-ethyl adjacent to an activating group) is 1. The average molecular weight is 421 g/mol. The van der Waals surface area contributed by atoms with Crippen molar-refractivity contribution in [1.29, 1.82) is 0 Å². The molecule has 0 saturated heterocycles. The topological polar surface area (TPSA) is 54.7 Å². The van der Waals surface area contributed by atoms with Crippen molar-refractivity contribution in [2.45, 2.75) is 12.6 Å². The molecule has 1 amide bonds. The van der Waals surface area contributed by atoms with E-state index in [-0.39, 0.29) is 18.6 Å². The number of fused-ring (bicyclic) bond motifs is 1. The fourth-order valence-corrected chi connectivity index (χ4v) is 4.31. The average Bonchev–Trinajstić information content (AvgIpc) is 3.41. The molecule has 1 atom stereocenters. The van der Waals surface area contributed by atoms with Crippen LogP contribution in [-0.2, 0) is 6.61 Å². The van der Waals surface area contributed by atoms with Gasteiger partial charge in [0.05, 0.1) is 6.04 Å². The Kier molecular flexibility index (Phi) is 6.16. The van der Waals surface area contributed by atoms with Crippen LogP contribution < -0.4 is 10.1 Å². The number of furan rings is 1. The molecule has 4 rings (SSSR count). The predicted octanol–water partition coefficient (Wildman–Crippen LogP) is 5.11. The van der Waals surface area contributed by atoms with Gasteiger partial charge < -0.3 is 19.4 Å². The van der Waals surface area contributed by atoms with Gasteiger partial charge in [0.2, 0.25) is 0 Å². The van der Waals surface area contributed by atoms with E-state index in [1.807, 2.05) is 80.1 Å². The second-order valence-electron chi connectivity index (χ2n) is 7.21. The molecule has 0 aliphatic rings. The Morgan fingerprint density at radius 2 is 1.83 bits per heavy atom. The largest absolute Gasteiger partial charge is 0.489 e. The predicted molar refractivity (Wildman–Crippen MR) is 120 cm³/mol. The van der Waals surface area contributed by atoms with Crippen molar-refractivity contribution in [2.24, 2.45) is 0 Å². The summed E-state index contributed by atoms with van der Waals surface area (Å²) in [6.07, 6.45) is 0. The highest BCUT2D eigenvalue weighted by molar-refractivity contribution is 7.10. The van der Waals surface area contributed by atoms with E-state index in [1.165, 1.54) is 4.88 Å². The summed E-state index contributed by atoms with van der Waals surface area (Å²) in [6, 6.07) is 21.4. The number of rotatable bonds is 8. The van der Waals surface area contributed by atoms with Gasteiger partial charge in [-0.15, -0.1) is 11.3 Å². The quantitative estimate of drug-likeness (QED) is 0.431. The van der Waals surface area contributed by atoms with E-state index >= 15 is 0 Å². The first-order valence-electron chi connectivity index (χ1n) is 9.80. The number of nitrogens with one attached hydrogen (secondary N) is 1. The number of nitrogens with zero attached hydrogens (tertiary/aromatic N) is 1. The molecule has 4 aromatic rings. The minimum atomic E-state index is -0.235. The van der Waals surface area contributed by atoms with Crippen LogP contribution >= 0.6 is 11.3 Å². The standard InChI is InChI=1S/C24H24N2O3S/c1-26(2)20(22-13-8-14-30-22)15-25-24(27)23-19(16-28-17-9-4-3-5-10-17)18-11-6-7-12-21(18)29-23/h3-14,20H,15-16H2,1-2H3,(H,25,27)/t20-/m1/s1. The minimum Gasteiger partial charge on any atom is -0.489 e. The lowest BCUT2D eigenvalue weighted by Gasteiger charge is -2.23. The molecular weight excluding hydrogens is 396 g/mol. The van der Waals surface area contributed by atoms with Gasteiger partial charge in [-0.25, -0.2) is 0 Å². The maximum atomic E-state index is 13.1. The van der Waals surface area contributed by atoms with Gasteiger partial charge >= 0.3 is 0 Å². The molecule has 2 aromatic carbocycles. The lowest BCUT2D eigenvalue weighted by atomic mass is 10.1. The number of amides is 1. The lowest BCUT2D eigenvalue weighted by molar-refractivity contribution is 0.0913. The van der Waals surface area contributed by atoms with Gasteiger partial charge in [-0.05, 0) is 43.7 Å². The number of para-hydroxylation sites is 2. The van der Waals surface area contributed by atoms with Crippen LogP contribution in [0.2, 0.25) is 0 Å². The van der Waals surface area contributed by atoms with E-state index in [0.29, 0.717) is 17.9 Å². The summed E-state index contributed by atoms with van der Waals surface area (Å²) in [6.45, 7) is 0.744. The Hall–Kier alpha value is -3.09. The third-order valence-corrected chi connectivity index (χ3v) is 5.96. The van der Waals surface area contributed by atoms with Crippen molar-refractivity contribution in [2.75, 3.05) is 20.6 Å². The molecule has 0 unspecified atom stereocenters. The zero-order valence-corrected chi connectivity index (χ0v) is 17.8. The maximum absolute atomic E-state index is 13.1. The van der Waals surface area contributed by atoms with Crippen molar-refractivity contribution in [1.82, 2.24) is 10.2 Å². The fraction of sp³-hybridized carbons (Fsp3) is 0.208. The molecule has 0 bridgehead atoms. The molecule has 0 saturated carbocycles. The van der Waals surface area contributed by atoms with Crippen molar-refractivity contribution in [3.8, 4) is 5.75 Å². The summed E-state index contributed by atoms with van der Waals surface area (Å²) in [4.78, 5) is 16.4. The van der Waals surface area contributed by atoms with E-state index in [0.717, 1.165) is 16.7 Å². The van der Waals surface area contributed by atoms with Crippen molar-refractivity contribution < 1.29 is 13.9 Å². The van der Waals surface area contributed by atoms with E-state index in [9.17, 15) is 4.79 Å². The van der Waals surface area contributed by atoms with Crippen LogP contribution in [0.1, 0.15) is 27.0 Å². The van der Waals surface area contributed by atoms with Gasteiger partial charge in [0.1, 0.15) is 17.9 Å². The third-order valence-electron chi connectivity index (χ3n) is 4.98. The van der Waals surface area contributed by atoms with E-state index in [1.54, 1.807) is 11.3 Å². The Bertz CT molecular complexity index is 1100. The number of benzene rings is 2. The Balaban J connectivity index is 1.55. The molecule has 30 heavy (non-hydrogen) atoms. The summed E-state index contributed by atoms with van der Waals surface area (Å²) in [5.74, 6) is 0.816. The maximum Gasteiger partial charge on any atom is 0.287 e. The van der Waals surface area contributed by atoms with E-state index in [2.05, 4.69) is 16.3 Å². The minimum absolute atomic E-state index is 0.0994. The molecule has 6 heteroatoms. The van der Waals surface area contributed by atoms with Crippen LogP contribution in [-0.4, -0.2) is 31.4 Å². The summed E-state index contributed by atoms with van der Waals surface area (Å²) in [5.41, 5.74) is 1.43. The molecule has 2 aromatic heterocycles. The number of ether oxygens (including phenoxy) is 1. The molecule has 0 fully saturated rings. The molecule has 1 N–H and O–H groups in total. The zero-order chi connectivity index (χ0) is 20.9. The number of thiophene rings is 1. The first-order valence-corrected chi connectivity index (χ1v) is 10.7. The van der Waals surface area contributed by atoms with Gasteiger partial charge in [0.15, 0.2) is 5.76 Å². The van der Waals surface area contributed by atoms with Crippen LogP contribution in [0.3, 0.4) is 0 Å². The van der Waals surface area contributed by atoms with Gasteiger partial charge in [-0.3, -0.25) is 4.79 Å². The van der Waals surface area contributed by atoms with Crippen molar-refractivity contribution in [3.63, 3.8) is 0 Å². The highest BCUT2D eigenvalue weighted by Crippen LogP contribution is 2.28. The summed E-state index contributed by atoms with van der Waals surface area (Å²) in [7, 11) is 4.02. The molecule has 2 heterocycles. The van der Waals surface area contributed by atoms with Crippen LogP contribution in [0.5, 0.6) is 5.75 Å². The Morgan fingerprint density at radius 3 is 2.57 bits per heavy atom. The van der Waals surface area contributed by atoms with Crippen molar-refractivity contribution in [3.05, 3.63) is 88.3 Å². The summed E-state index contributed by atoms with van der Waals surface area (Å²) < 4.78 is 11.9. The molecule has 154 valence electrons. The lowest BCUT2D eigenvalue weighted by Crippen LogP contribution is -2.34. The summed E-state index contributed by atoms with van der Waals surface area (Å²) >= 11 is 1.68. The molecule has 0 spiro atoms. The van der Waals surface area contributed by atoms with Crippen LogP contribution in [0.25, 0.3) is 11.0 Å². The molecule has 0 radical (unpaired) electrons. The third kappa shape index (κ3) is 4.40. The second kappa shape index (κ2) is 9.15. The smallest absolute Gasteiger partial charge is 0.287 e. The van der Waals surface area contributed by atoms with Crippen molar-refractivity contribution >= 4 is 28.2 Å². The van der Waals surface area contributed by atoms with Gasteiger partial charge in [-0.2, -0.15) is 0 Å². The monoisotopic (exact) mass is 420 g/mol. The van der Waals surface area contributed by atoms with Crippen LogP contribution in [0, 0.1) is 0 Å². The number of hydrogen-bond donors (Lipinski definition) is 1. The number of carbonyl (C=O) groups excluding carboxylic acids is 1. The number of hydrogen-bond acceptors (Lipinski definition) is 5. The molecule has 0 aliphatic heterocycles. The van der Waals surface area contributed by atoms with Gasteiger partial charge in [0.25, 0.3) is 5.91 Å². The van der Waals surface area contributed by atoms with E-state index in [4.69, 9.17) is 9.15 Å². The Labute approximate surface area is 179 Å². The summed E-state index contributed by atoms with van der Waals surface area (Å²) in [5, 5.41) is 5.98. The Morgan fingerprint density at radius 1 is 1.07 bits per heavy atom. The first-order chi connectivity index (χ1) is 14.6. The first kappa shape index (κ1) is 20.2. The highest BCUT2D eigenvalue weighted by atomic mass is 32.1. The molecular formula is C24H24N2O3S. The molecule has 0 aliphatic carbocycles. The number of carbonyl (C=O) groups is 1. The van der Waals surface area contributed by atoms with Crippen LogP contribution in [0.15, 0.2) is 76.5 Å². The van der Waals surface area contributed by atoms with Gasteiger partial charge in [0, 0.05) is 22.4 Å².